The largest absolute Gasteiger partial charge is 0.366 e. The van der Waals surface area contributed by atoms with Crippen LogP contribution in [0.2, 0.25) is 0 Å². The lowest BCUT2D eigenvalue weighted by molar-refractivity contribution is -0.133. The number of aromatic nitrogens is 2. The summed E-state index contributed by atoms with van der Waals surface area (Å²) in [5, 5.41) is 4.58. The number of fused-ring (bicyclic) bond motifs is 1. The molecule has 3 aliphatic rings. The standard InChI is InChI=1S/C30H35N5O/c1-4-22-17-27(22)30(36)33-15-13-32(14-16-33)28-9-11-31-35-20-26(18-29(28)35)24-7-5-23(6-8-24)25-10-12-34(19-25)21(2)3/h1,5-9,11,18,20-22,25,27H,10,12-17,19H2,2-3H3/t22?,25-,27+/m1/s1. The van der Waals surface area contributed by atoms with E-state index >= 15 is 0 Å². The molecule has 0 bridgehead atoms. The Morgan fingerprint density at radius 3 is 2.50 bits per heavy atom. The van der Waals surface area contributed by atoms with Crippen molar-refractivity contribution in [1.29, 1.82) is 0 Å². The monoisotopic (exact) mass is 481 g/mol. The molecule has 1 unspecified atom stereocenters. The Labute approximate surface area is 213 Å². The van der Waals surface area contributed by atoms with E-state index in [0.717, 1.165) is 44.7 Å². The first-order valence-electron chi connectivity index (χ1n) is 13.3. The number of rotatable bonds is 5. The number of likely N-dealkylation sites (tertiary alicyclic amines) is 1. The number of hydrogen-bond acceptors (Lipinski definition) is 4. The zero-order valence-corrected chi connectivity index (χ0v) is 21.3. The number of terminal acetylenes is 1. The molecule has 1 amide bonds. The fourth-order valence-corrected chi connectivity index (χ4v) is 5.96. The van der Waals surface area contributed by atoms with Crippen molar-refractivity contribution in [2.45, 2.75) is 38.6 Å². The Kier molecular flexibility index (Phi) is 5.97. The number of benzene rings is 1. The number of amides is 1. The quantitative estimate of drug-likeness (QED) is 0.515. The molecule has 0 N–H and O–H groups in total. The molecule has 1 saturated carbocycles. The average molecular weight is 482 g/mol. The first kappa shape index (κ1) is 23.1. The van der Waals surface area contributed by atoms with Gasteiger partial charge in [0, 0.05) is 62.6 Å². The molecule has 3 fully saturated rings. The number of nitrogens with zero attached hydrogens (tertiary/aromatic N) is 5. The van der Waals surface area contributed by atoms with E-state index in [1.165, 1.54) is 35.3 Å². The highest BCUT2D eigenvalue weighted by atomic mass is 16.2. The summed E-state index contributed by atoms with van der Waals surface area (Å²) in [5.74, 6) is 3.80. The van der Waals surface area contributed by atoms with Crippen molar-refractivity contribution in [2.24, 2.45) is 11.8 Å². The van der Waals surface area contributed by atoms with E-state index in [1.54, 1.807) is 0 Å². The van der Waals surface area contributed by atoms with Crippen LogP contribution in [0.1, 0.15) is 38.2 Å². The molecule has 1 aliphatic carbocycles. The van der Waals surface area contributed by atoms with Crippen LogP contribution in [0, 0.1) is 24.2 Å². The minimum absolute atomic E-state index is 0.0524. The third kappa shape index (κ3) is 4.26. The van der Waals surface area contributed by atoms with Crippen LogP contribution in [0.5, 0.6) is 0 Å². The first-order chi connectivity index (χ1) is 17.5. The molecule has 0 radical (unpaired) electrons. The van der Waals surface area contributed by atoms with Crippen molar-refractivity contribution >= 4 is 17.1 Å². The molecule has 3 atom stereocenters. The summed E-state index contributed by atoms with van der Waals surface area (Å²) < 4.78 is 1.98. The Bertz CT molecular complexity index is 1300. The van der Waals surface area contributed by atoms with Crippen molar-refractivity contribution in [3.05, 3.63) is 54.4 Å². The van der Waals surface area contributed by atoms with Gasteiger partial charge in [-0.25, -0.2) is 4.52 Å². The van der Waals surface area contributed by atoms with E-state index in [4.69, 9.17) is 6.42 Å². The lowest BCUT2D eigenvalue weighted by Gasteiger charge is -2.36. The van der Waals surface area contributed by atoms with Gasteiger partial charge in [-0.3, -0.25) is 4.79 Å². The Morgan fingerprint density at radius 2 is 1.83 bits per heavy atom. The van der Waals surface area contributed by atoms with E-state index < -0.39 is 0 Å². The van der Waals surface area contributed by atoms with Gasteiger partial charge in [-0.2, -0.15) is 5.10 Å². The summed E-state index contributed by atoms with van der Waals surface area (Å²) in [4.78, 5) is 19.6. The molecule has 186 valence electrons. The van der Waals surface area contributed by atoms with Crippen LogP contribution in [0.4, 0.5) is 5.69 Å². The third-order valence-electron chi connectivity index (χ3n) is 8.41. The first-order valence-corrected chi connectivity index (χ1v) is 13.3. The molecule has 6 nitrogen and oxygen atoms in total. The topological polar surface area (TPSA) is 44.1 Å². The summed E-state index contributed by atoms with van der Waals surface area (Å²) in [6.07, 6.45) is 11.6. The van der Waals surface area contributed by atoms with E-state index in [9.17, 15) is 4.79 Å². The van der Waals surface area contributed by atoms with Gasteiger partial charge in [0.15, 0.2) is 0 Å². The van der Waals surface area contributed by atoms with Gasteiger partial charge in [0.05, 0.1) is 17.1 Å². The van der Waals surface area contributed by atoms with Crippen molar-refractivity contribution in [2.75, 3.05) is 44.2 Å². The summed E-state index contributed by atoms with van der Waals surface area (Å²) in [6, 6.07) is 14.1. The summed E-state index contributed by atoms with van der Waals surface area (Å²) in [6.45, 7) is 10.0. The van der Waals surface area contributed by atoms with Gasteiger partial charge in [-0.15, -0.1) is 12.3 Å². The molecule has 3 aromatic rings. The SMILES string of the molecule is C#CC1C[C@@H]1C(=O)N1CCN(c2ccnn3cc(-c4ccc([C@@H]5CCN(C(C)C)C5)cc4)cc23)CC1. The molecule has 2 aliphatic heterocycles. The lowest BCUT2D eigenvalue weighted by atomic mass is 9.96. The van der Waals surface area contributed by atoms with Gasteiger partial charge in [0.2, 0.25) is 5.91 Å². The average Bonchev–Trinajstić information content (AvgIpc) is 3.30. The van der Waals surface area contributed by atoms with E-state index in [0.29, 0.717) is 12.0 Å². The van der Waals surface area contributed by atoms with Crippen LogP contribution in [0.3, 0.4) is 0 Å². The Hall–Kier alpha value is -3.30. The summed E-state index contributed by atoms with van der Waals surface area (Å²) >= 11 is 0. The van der Waals surface area contributed by atoms with Crippen LogP contribution >= 0.6 is 0 Å². The van der Waals surface area contributed by atoms with Crippen LogP contribution in [0.25, 0.3) is 16.6 Å². The van der Waals surface area contributed by atoms with Crippen LogP contribution in [-0.2, 0) is 4.79 Å². The molecule has 6 heteroatoms. The number of anilines is 1. The highest BCUT2D eigenvalue weighted by Gasteiger charge is 2.44. The summed E-state index contributed by atoms with van der Waals surface area (Å²) in [5.41, 5.74) is 6.12. The molecule has 6 rings (SSSR count). The maximum Gasteiger partial charge on any atom is 0.227 e. The molecular formula is C30H35N5O. The maximum atomic E-state index is 12.7. The van der Waals surface area contributed by atoms with Crippen molar-refractivity contribution in [3.63, 3.8) is 0 Å². The molecule has 1 aromatic carbocycles. The number of piperazine rings is 1. The highest BCUT2D eigenvalue weighted by molar-refractivity contribution is 5.83. The van der Waals surface area contributed by atoms with Gasteiger partial charge in [0.1, 0.15) is 0 Å². The zero-order valence-electron chi connectivity index (χ0n) is 21.3. The summed E-state index contributed by atoms with van der Waals surface area (Å²) in [7, 11) is 0. The zero-order chi connectivity index (χ0) is 24.8. The van der Waals surface area contributed by atoms with Gasteiger partial charge in [-0.05, 0) is 62.4 Å². The van der Waals surface area contributed by atoms with Gasteiger partial charge in [-0.1, -0.05) is 24.3 Å². The van der Waals surface area contributed by atoms with Crippen molar-refractivity contribution < 1.29 is 4.79 Å². The number of carbonyl (C=O) groups is 1. The second-order valence-corrected chi connectivity index (χ2v) is 10.9. The molecule has 0 spiro atoms. The van der Waals surface area contributed by atoms with Crippen LogP contribution in [0.15, 0.2) is 48.8 Å². The minimum atomic E-state index is 0.0524. The molecule has 4 heterocycles. The lowest BCUT2D eigenvalue weighted by Crippen LogP contribution is -2.49. The van der Waals surface area contributed by atoms with Crippen molar-refractivity contribution in [3.8, 4) is 23.5 Å². The molecule has 36 heavy (non-hydrogen) atoms. The third-order valence-corrected chi connectivity index (χ3v) is 8.41. The van der Waals surface area contributed by atoms with Crippen LogP contribution in [-0.4, -0.2) is 70.6 Å². The van der Waals surface area contributed by atoms with Crippen molar-refractivity contribution in [1.82, 2.24) is 19.4 Å². The molecule has 2 saturated heterocycles. The molecular weight excluding hydrogens is 446 g/mol. The van der Waals surface area contributed by atoms with E-state index in [1.807, 2.05) is 15.6 Å². The van der Waals surface area contributed by atoms with Gasteiger partial charge >= 0.3 is 0 Å². The predicted molar refractivity (Wildman–Crippen MR) is 144 cm³/mol. The second kappa shape index (κ2) is 9.29. The van der Waals surface area contributed by atoms with Crippen LogP contribution < -0.4 is 4.90 Å². The fraction of sp³-hybridized carbons (Fsp3) is 0.467. The fourth-order valence-electron chi connectivity index (χ4n) is 5.96. The number of hydrogen-bond donors (Lipinski definition) is 0. The second-order valence-electron chi connectivity index (χ2n) is 10.9. The van der Waals surface area contributed by atoms with Gasteiger partial charge < -0.3 is 14.7 Å². The Balaban J connectivity index is 1.16. The predicted octanol–water partition coefficient (Wildman–Crippen LogP) is 4.12. The number of carbonyl (C=O) groups excluding carboxylic acids is 1. The van der Waals surface area contributed by atoms with Gasteiger partial charge in [0.25, 0.3) is 0 Å². The smallest absolute Gasteiger partial charge is 0.227 e. The van der Waals surface area contributed by atoms with E-state index in [2.05, 4.69) is 77.3 Å². The van der Waals surface area contributed by atoms with E-state index in [-0.39, 0.29) is 17.7 Å². The highest BCUT2D eigenvalue weighted by Crippen LogP contribution is 2.39. The molecule has 2 aromatic heterocycles. The Morgan fingerprint density at radius 1 is 1.06 bits per heavy atom. The normalized spacial score (nSPS) is 24.4. The minimum Gasteiger partial charge on any atom is -0.366 e. The maximum absolute atomic E-state index is 12.7.